The summed E-state index contributed by atoms with van der Waals surface area (Å²) in [5, 5.41) is 5.86. The summed E-state index contributed by atoms with van der Waals surface area (Å²) in [4.78, 5) is 57.0. The summed E-state index contributed by atoms with van der Waals surface area (Å²) in [6.07, 6.45) is 4.77. The molecular weight excluding hydrogens is 1340 g/mol. The molecule has 0 spiro atoms. The quantitative estimate of drug-likeness (QED) is 0.0396. The molecule has 0 atom stereocenters. The van der Waals surface area contributed by atoms with Crippen LogP contribution >= 0.6 is 11.1 Å². The molecule has 1 heterocycles. The van der Waals surface area contributed by atoms with Crippen molar-refractivity contribution in [2.45, 2.75) is 125 Å². The van der Waals surface area contributed by atoms with Gasteiger partial charge in [0.05, 0.1) is 0 Å². The van der Waals surface area contributed by atoms with E-state index in [-0.39, 0.29) is 94.3 Å². The van der Waals surface area contributed by atoms with E-state index in [2.05, 4.69) is 107 Å². The predicted molar refractivity (Wildman–Crippen MR) is 403 cm³/mol. The van der Waals surface area contributed by atoms with Crippen molar-refractivity contribution in [3.8, 4) is 0 Å². The van der Waals surface area contributed by atoms with Gasteiger partial charge in [-0.15, -0.1) is 44.3 Å². The summed E-state index contributed by atoms with van der Waals surface area (Å²) >= 11 is 5.91. The van der Waals surface area contributed by atoms with Crippen LogP contribution in [0.15, 0.2) is 243 Å². The number of hydrogen-bond donors (Lipinski definition) is 1. The van der Waals surface area contributed by atoms with Crippen LogP contribution in [0.1, 0.15) is 53.4 Å². The summed E-state index contributed by atoms with van der Waals surface area (Å²) in [6, 6.07) is 60.7. The molecule has 1 N–H and O–H groups in total. The molecule has 0 bridgehead atoms. The zero-order valence-corrected chi connectivity index (χ0v) is 72.0. The molecule has 0 radical (unpaired) electrons. The maximum Gasteiger partial charge on any atom is 1.00 e. The average molecular weight is 1450 g/mol. The van der Waals surface area contributed by atoms with Gasteiger partial charge in [-0.2, -0.15) is 6.42 Å². The largest absolute Gasteiger partial charge is 1.00 e. The monoisotopic (exact) mass is 1450 g/mol. The third-order valence-electron chi connectivity index (χ3n) is 13.0. The molecule has 7 rings (SSSR count). The van der Waals surface area contributed by atoms with Crippen molar-refractivity contribution in [2.24, 2.45) is 0 Å². The average Bonchev–Trinajstić information content (AvgIpc) is 0.804. The minimum absolute atomic E-state index is 0. The molecule has 26 heteroatoms. The van der Waals surface area contributed by atoms with Crippen LogP contribution in [0.3, 0.4) is 0 Å². The van der Waals surface area contributed by atoms with Gasteiger partial charge in [0, 0.05) is 26.4 Å². The van der Waals surface area contributed by atoms with E-state index in [1.165, 1.54) is 47.1 Å². The Morgan fingerprint density at radius 2 is 0.677 bits per heavy atom. The van der Waals surface area contributed by atoms with Gasteiger partial charge in [0.15, 0.2) is 16.6 Å². The first-order valence-electron chi connectivity index (χ1n) is 31.1. The smallest absolute Gasteiger partial charge is 0.856 e. The van der Waals surface area contributed by atoms with E-state index in [1.807, 2.05) is 193 Å². The number of rotatable bonds is 22. The van der Waals surface area contributed by atoms with E-state index in [1.54, 1.807) is 31.9 Å². The topological polar surface area (TPSA) is 168 Å². The van der Waals surface area contributed by atoms with Crippen molar-refractivity contribution in [3.05, 3.63) is 250 Å². The van der Waals surface area contributed by atoms with Crippen molar-refractivity contribution in [1.29, 1.82) is 0 Å². The van der Waals surface area contributed by atoms with Gasteiger partial charge < -0.3 is 56.8 Å². The Kier molecular flexibility index (Phi) is 61.0. The second kappa shape index (κ2) is 55.4. The van der Waals surface area contributed by atoms with Crippen LogP contribution in [-0.4, -0.2) is 106 Å². The fourth-order valence-electron chi connectivity index (χ4n) is 7.50. The molecule has 11 nitrogen and oxygen atoms in total. The van der Waals surface area contributed by atoms with Crippen LogP contribution in [0.5, 0.6) is 0 Å². The third kappa shape index (κ3) is 44.4. The molecule has 0 aromatic heterocycles. The van der Waals surface area contributed by atoms with Crippen LogP contribution in [0.2, 0.25) is 71.5 Å². The Bertz CT molecular complexity index is 2600. The first-order chi connectivity index (χ1) is 42.7. The normalized spacial score (nSPS) is 12.3. The second-order valence-electron chi connectivity index (χ2n) is 23.5. The zero-order chi connectivity index (χ0) is 69.3. The van der Waals surface area contributed by atoms with Crippen molar-refractivity contribution in [2.75, 3.05) is 26.4 Å². The van der Waals surface area contributed by atoms with E-state index in [9.17, 15) is 19.2 Å². The Morgan fingerprint density at radius 1 is 0.448 bits per heavy atom. The Balaban J connectivity index is -0.000000253. The van der Waals surface area contributed by atoms with E-state index in [0.717, 1.165) is 33.8 Å². The molecule has 1 aliphatic heterocycles. The Morgan fingerprint density at radius 3 is 0.844 bits per heavy atom. The van der Waals surface area contributed by atoms with E-state index < -0.39 is 75.1 Å². The second-order valence-corrected chi connectivity index (χ2v) is 54.9. The summed E-state index contributed by atoms with van der Waals surface area (Å²) in [6.45, 7) is 50.1. The molecule has 0 aliphatic carbocycles. The van der Waals surface area contributed by atoms with Crippen LogP contribution in [0.4, 0.5) is 0 Å². The summed E-state index contributed by atoms with van der Waals surface area (Å²) in [5.74, 6) is 0. The van der Waals surface area contributed by atoms with Crippen LogP contribution in [0, 0.1) is 6.92 Å². The van der Waals surface area contributed by atoms with Gasteiger partial charge in [0.2, 0.25) is 8.32 Å². The van der Waals surface area contributed by atoms with Gasteiger partial charge in [-0.05, 0) is 120 Å². The summed E-state index contributed by atoms with van der Waals surface area (Å²) < 4.78 is 34.2. The van der Waals surface area contributed by atoms with Gasteiger partial charge in [-0.25, -0.2) is 0 Å². The van der Waals surface area contributed by atoms with Gasteiger partial charge >= 0.3 is 102 Å². The third-order valence-corrected chi connectivity index (χ3v) is 35.9. The van der Waals surface area contributed by atoms with Gasteiger partial charge in [-0.1, -0.05) is 256 Å². The molecule has 502 valence electrons. The molecule has 6 aromatic carbocycles. The van der Waals surface area contributed by atoms with E-state index in [0.29, 0.717) is 19.8 Å². The fourth-order valence-corrected chi connectivity index (χ4v) is 25.5. The molecule has 0 amide bonds. The van der Waals surface area contributed by atoms with Gasteiger partial charge in [-0.3, -0.25) is 0 Å². The molecule has 0 saturated carbocycles. The molecule has 1 saturated heterocycles. The Labute approximate surface area is 656 Å². The van der Waals surface area contributed by atoms with E-state index >= 15 is 0 Å². The van der Waals surface area contributed by atoms with Gasteiger partial charge in [0.1, 0.15) is 17.1 Å². The number of halogens is 1. The van der Waals surface area contributed by atoms with Gasteiger partial charge in [0.25, 0.3) is 8.32 Å². The van der Waals surface area contributed by atoms with Crippen LogP contribution in [-0.2, 0) is 25.9 Å². The molecule has 0 unspecified atom stereocenters. The van der Waals surface area contributed by atoms with Crippen molar-refractivity contribution >= 4 is 117 Å². The summed E-state index contributed by atoms with van der Waals surface area (Å²) in [5.41, 5.74) is 8.31. The Hall–Kier alpha value is -1.19. The SMILES string of the molecule is C=C[Si](C)(C)O.C=C[Si](C)(C)O[Si]([O-])(c1ccccc1)c1ccccc1.C=C[Si](C)(C)O[Si]([O-])(c1ccccc1)c1ccccc1.C=C[Si](C)(C)[O-].C=C[Si](C)(C)[O-].CCO[Si](Cl)(OCC)OCC.[CH2-]CCC.[Li+].[Li+].[Li+].[Li+].[Li+].c1ccc([Si]2(c3ccccc3)CCCCO2)cc1. The standard InChI is InChI=1S/2C16H19O2Si2.C16H18OSi.C6H15ClO3Si.C4H10OSi.2C4H9OSi.C4H9.5Li/c2*1-4-19(2,3)18-20(17,15-11-7-5-8-12-15)16-13-9-6-10-14-16;1-3-9-15(10-4-1)18(14-8-7-13-17-18)16-11-5-2-6-12-16;1-4-8-11(7,9-5-2)10-6-3;3*1-4-6(2,3)5;1-3-4-2;;;;;/h2*4-14H,1H2,2-3H3;1-6,9-12H,7-8,13-14H2;4-6H2,1-3H3;4-5H,1H2,2-3H3;2*4H,1H2,2-3H3;1,3-4H2,2H3;;;;;/q2*-1;;;;3*-1;5*+1. The number of hydrogen-bond acceptors (Lipinski definition) is 11. The zero-order valence-electron chi connectivity index (χ0n) is 62.2. The number of benzene rings is 6. The maximum absolute atomic E-state index is 13.6. The number of unbranched alkanes of at least 4 members (excludes halogenated alkanes) is 1. The minimum Gasteiger partial charge on any atom is -0.856 e. The first kappa shape index (κ1) is 106. The van der Waals surface area contributed by atoms with E-state index in [4.69, 9.17) is 41.8 Å². The molecular formula is C70H108ClLi5O11Si9. The summed E-state index contributed by atoms with van der Waals surface area (Å²) in [7, 11) is -22.0. The first-order valence-corrected chi connectivity index (χ1v) is 54.6. The molecule has 1 fully saturated rings. The molecule has 96 heavy (non-hydrogen) atoms. The van der Waals surface area contributed by atoms with Crippen LogP contribution < -0.4 is 145 Å². The van der Waals surface area contributed by atoms with Crippen LogP contribution in [0.25, 0.3) is 0 Å². The predicted octanol–water partition coefficient (Wildman–Crippen LogP) is -4.47. The fraction of sp³-hybridized carbons (Fsp3) is 0.329. The molecule has 1 aliphatic rings. The maximum atomic E-state index is 13.6. The van der Waals surface area contributed by atoms with Crippen molar-refractivity contribution < 1.29 is 144 Å². The van der Waals surface area contributed by atoms with Crippen molar-refractivity contribution in [1.82, 2.24) is 0 Å². The molecule has 6 aromatic rings. The minimum atomic E-state index is -3.42. The van der Waals surface area contributed by atoms with Crippen molar-refractivity contribution in [3.63, 3.8) is 0 Å².